The number of benzene rings is 3. The fourth-order valence-electron chi connectivity index (χ4n) is 4.09. The van der Waals surface area contributed by atoms with Crippen LogP contribution in [0.1, 0.15) is 22.3 Å². The van der Waals surface area contributed by atoms with E-state index < -0.39 is 4.92 Å². The van der Waals surface area contributed by atoms with Gasteiger partial charge in [0.15, 0.2) is 0 Å². The van der Waals surface area contributed by atoms with Crippen LogP contribution in [0.5, 0.6) is 0 Å². The number of nitrogens with zero attached hydrogens (tertiary/aromatic N) is 3. The van der Waals surface area contributed by atoms with Crippen molar-refractivity contribution in [2.75, 3.05) is 13.2 Å². The molecule has 2 heterocycles. The quantitative estimate of drug-likeness (QED) is 0.402. The van der Waals surface area contributed by atoms with Crippen LogP contribution in [-0.2, 0) is 22.3 Å². The Hall–Kier alpha value is -4.00. The maximum absolute atomic E-state index is 11.6. The molecule has 7 heteroatoms. The molecule has 2 atom stereocenters. The summed E-state index contributed by atoms with van der Waals surface area (Å²) in [6.07, 6.45) is 1.51. The Kier molecular flexibility index (Phi) is 5.85. The highest BCUT2D eigenvalue weighted by Gasteiger charge is 2.26. The van der Waals surface area contributed by atoms with Crippen LogP contribution in [0.2, 0.25) is 0 Å². The molecule has 3 aromatic rings. The largest absolute Gasteiger partial charge is 0.475 e. The van der Waals surface area contributed by atoms with Crippen molar-refractivity contribution in [3.63, 3.8) is 0 Å². The van der Waals surface area contributed by atoms with E-state index in [2.05, 4.69) is 34.3 Å². The molecule has 0 saturated carbocycles. The summed E-state index contributed by atoms with van der Waals surface area (Å²) >= 11 is 0. The molecular weight excluding hydrogens is 418 g/mol. The number of hydrogen-bond donors (Lipinski definition) is 0. The minimum atomic E-state index is -0.416. The summed E-state index contributed by atoms with van der Waals surface area (Å²) in [5, 5.41) is 11.6. The van der Waals surface area contributed by atoms with E-state index in [1.165, 1.54) is 23.3 Å². The van der Waals surface area contributed by atoms with Gasteiger partial charge in [0.25, 0.3) is 5.69 Å². The lowest BCUT2D eigenvalue weighted by Gasteiger charge is -2.06. The zero-order valence-electron chi connectivity index (χ0n) is 18.0. The topological polar surface area (TPSA) is 86.3 Å². The molecular formula is C26H23N3O4. The normalized spacial score (nSPS) is 19.4. The van der Waals surface area contributed by atoms with Crippen LogP contribution in [0, 0.1) is 10.1 Å². The number of non-ortho nitro benzene ring substituents is 1. The van der Waals surface area contributed by atoms with Crippen LogP contribution < -0.4 is 0 Å². The summed E-state index contributed by atoms with van der Waals surface area (Å²) in [5.41, 5.74) is 3.43. The van der Waals surface area contributed by atoms with Gasteiger partial charge in [0, 0.05) is 23.3 Å². The van der Waals surface area contributed by atoms with E-state index in [0.29, 0.717) is 36.1 Å². The van der Waals surface area contributed by atoms with Gasteiger partial charge in [0.1, 0.15) is 13.2 Å². The molecule has 2 aliphatic rings. The predicted molar refractivity (Wildman–Crippen MR) is 126 cm³/mol. The number of ether oxygens (including phenoxy) is 2. The highest BCUT2D eigenvalue weighted by atomic mass is 16.6. The second-order valence-electron chi connectivity index (χ2n) is 8.20. The molecule has 166 valence electrons. The standard InChI is InChI=1S/C26H23N3O4/c30-29(31)24-14-20(25-27-22(16-32-25)11-18-7-3-1-4-8-18)13-21(15-24)26-28-23(17-33-26)12-19-9-5-2-6-10-19/h1-10,13-15,22-23H,11-12,16-17H2. The lowest BCUT2D eigenvalue weighted by Crippen LogP contribution is -2.10. The van der Waals surface area contributed by atoms with Gasteiger partial charge < -0.3 is 9.47 Å². The van der Waals surface area contributed by atoms with E-state index >= 15 is 0 Å². The van der Waals surface area contributed by atoms with Gasteiger partial charge in [0.2, 0.25) is 11.8 Å². The van der Waals surface area contributed by atoms with Crippen LogP contribution in [-0.4, -0.2) is 42.0 Å². The molecule has 0 saturated heterocycles. The molecule has 2 aliphatic heterocycles. The molecule has 0 fully saturated rings. The van der Waals surface area contributed by atoms with Gasteiger partial charge in [0.05, 0.1) is 17.0 Å². The Bertz CT molecular complexity index is 1120. The van der Waals surface area contributed by atoms with Gasteiger partial charge in [-0.05, 0) is 30.0 Å². The van der Waals surface area contributed by atoms with Crippen LogP contribution in [0.25, 0.3) is 0 Å². The lowest BCUT2D eigenvalue weighted by atomic mass is 10.1. The summed E-state index contributed by atoms with van der Waals surface area (Å²) < 4.78 is 11.6. The highest BCUT2D eigenvalue weighted by molar-refractivity contribution is 6.01. The highest BCUT2D eigenvalue weighted by Crippen LogP contribution is 2.24. The van der Waals surface area contributed by atoms with Crippen molar-refractivity contribution in [1.29, 1.82) is 0 Å². The van der Waals surface area contributed by atoms with Crippen molar-refractivity contribution in [1.82, 2.24) is 0 Å². The van der Waals surface area contributed by atoms with Crippen LogP contribution in [0.15, 0.2) is 88.8 Å². The van der Waals surface area contributed by atoms with Crippen LogP contribution >= 0.6 is 0 Å². The molecule has 0 aliphatic carbocycles. The molecule has 33 heavy (non-hydrogen) atoms. The molecule has 2 unspecified atom stereocenters. The number of rotatable bonds is 7. The average Bonchev–Trinajstić information content (AvgIpc) is 3.50. The fraction of sp³-hybridized carbons (Fsp3) is 0.231. The molecule has 5 rings (SSSR count). The summed E-state index contributed by atoms with van der Waals surface area (Å²) in [7, 11) is 0. The molecule has 0 N–H and O–H groups in total. The Labute approximate surface area is 191 Å². The average molecular weight is 441 g/mol. The second-order valence-corrected chi connectivity index (χ2v) is 8.20. The van der Waals surface area contributed by atoms with Gasteiger partial charge in [-0.3, -0.25) is 10.1 Å². The summed E-state index contributed by atoms with van der Waals surface area (Å²) in [5.74, 6) is 0.834. The Morgan fingerprint density at radius 2 is 1.21 bits per heavy atom. The molecule has 0 aromatic heterocycles. The lowest BCUT2D eigenvalue weighted by molar-refractivity contribution is -0.384. The monoisotopic (exact) mass is 441 g/mol. The van der Waals surface area contributed by atoms with Crippen molar-refractivity contribution in [3.05, 3.63) is 111 Å². The molecule has 0 spiro atoms. The van der Waals surface area contributed by atoms with Crippen LogP contribution in [0.3, 0.4) is 0 Å². The van der Waals surface area contributed by atoms with Crippen molar-refractivity contribution in [2.24, 2.45) is 9.98 Å². The van der Waals surface area contributed by atoms with Crippen molar-refractivity contribution in [2.45, 2.75) is 24.9 Å². The molecule has 0 amide bonds. The number of aliphatic imine (C=N–C) groups is 2. The number of nitro benzene ring substituents is 1. The first-order valence-corrected chi connectivity index (χ1v) is 10.9. The van der Waals surface area contributed by atoms with E-state index in [-0.39, 0.29) is 17.8 Å². The molecule has 0 bridgehead atoms. The molecule has 0 radical (unpaired) electrons. The first-order valence-electron chi connectivity index (χ1n) is 10.9. The van der Waals surface area contributed by atoms with Crippen molar-refractivity contribution < 1.29 is 14.4 Å². The first kappa shape index (κ1) is 20.9. The van der Waals surface area contributed by atoms with Crippen LogP contribution in [0.4, 0.5) is 5.69 Å². The predicted octanol–water partition coefficient (Wildman–Crippen LogP) is 4.37. The van der Waals surface area contributed by atoms with Crippen molar-refractivity contribution >= 4 is 17.5 Å². The van der Waals surface area contributed by atoms with E-state index in [1.807, 2.05) is 36.4 Å². The first-order chi connectivity index (χ1) is 16.1. The minimum Gasteiger partial charge on any atom is -0.475 e. The third-order valence-corrected chi connectivity index (χ3v) is 5.68. The van der Waals surface area contributed by atoms with E-state index in [1.54, 1.807) is 6.07 Å². The van der Waals surface area contributed by atoms with Gasteiger partial charge in [-0.15, -0.1) is 0 Å². The zero-order valence-corrected chi connectivity index (χ0v) is 18.0. The minimum absolute atomic E-state index is 0.0274. The van der Waals surface area contributed by atoms with Crippen molar-refractivity contribution in [3.8, 4) is 0 Å². The Morgan fingerprint density at radius 3 is 1.64 bits per heavy atom. The van der Waals surface area contributed by atoms with E-state index in [4.69, 9.17) is 9.47 Å². The van der Waals surface area contributed by atoms with Gasteiger partial charge >= 0.3 is 0 Å². The van der Waals surface area contributed by atoms with Gasteiger partial charge in [-0.1, -0.05) is 60.7 Å². The summed E-state index contributed by atoms with van der Waals surface area (Å²) in [4.78, 5) is 20.5. The SMILES string of the molecule is O=[N+]([O-])c1cc(C2=NC(Cc3ccccc3)CO2)cc(C2=NC(Cc3ccccc3)CO2)c1. The Balaban J connectivity index is 1.38. The third kappa shape index (κ3) is 4.92. The molecule has 7 nitrogen and oxygen atoms in total. The maximum Gasteiger partial charge on any atom is 0.271 e. The Morgan fingerprint density at radius 1 is 0.758 bits per heavy atom. The number of hydrogen-bond acceptors (Lipinski definition) is 6. The van der Waals surface area contributed by atoms with Gasteiger partial charge in [-0.25, -0.2) is 9.98 Å². The molecule has 3 aromatic carbocycles. The van der Waals surface area contributed by atoms with Gasteiger partial charge in [-0.2, -0.15) is 0 Å². The van der Waals surface area contributed by atoms with E-state index in [9.17, 15) is 10.1 Å². The zero-order chi connectivity index (χ0) is 22.6. The maximum atomic E-state index is 11.6. The summed E-state index contributed by atoms with van der Waals surface area (Å²) in [6.45, 7) is 0.887. The van der Waals surface area contributed by atoms with E-state index in [0.717, 1.165) is 12.8 Å². The second kappa shape index (κ2) is 9.24. The summed E-state index contributed by atoms with van der Waals surface area (Å²) in [6, 6.07) is 24.9. The third-order valence-electron chi connectivity index (χ3n) is 5.68. The smallest absolute Gasteiger partial charge is 0.271 e. The fourth-order valence-corrected chi connectivity index (χ4v) is 4.09. The number of nitro groups is 1.